The number of carbonyl (C=O) groups excluding carboxylic acids is 2. The number of nitrogens with zero attached hydrogens (tertiary/aromatic N) is 1. The van der Waals surface area contributed by atoms with Crippen LogP contribution >= 0.6 is 23.2 Å². The summed E-state index contributed by atoms with van der Waals surface area (Å²) in [5.41, 5.74) is 1.73. The second kappa shape index (κ2) is 10.3. The lowest BCUT2D eigenvalue weighted by atomic mass is 9.89. The molecule has 1 aliphatic rings. The number of hydrogen-bond donors (Lipinski definition) is 1. The molecule has 1 aliphatic heterocycles. The van der Waals surface area contributed by atoms with Gasteiger partial charge in [0.05, 0.1) is 0 Å². The molecule has 4 nitrogen and oxygen atoms in total. The Labute approximate surface area is 188 Å². The van der Waals surface area contributed by atoms with Gasteiger partial charge >= 0.3 is 0 Å². The van der Waals surface area contributed by atoms with Gasteiger partial charge in [-0.1, -0.05) is 55.2 Å². The summed E-state index contributed by atoms with van der Waals surface area (Å²) in [6, 6.07) is 14.2. The summed E-state index contributed by atoms with van der Waals surface area (Å²) in [6.45, 7) is 5.48. The van der Waals surface area contributed by atoms with Crippen LogP contribution in [0.2, 0.25) is 10.0 Å². The van der Waals surface area contributed by atoms with Crippen LogP contribution in [0.15, 0.2) is 48.5 Å². The molecule has 2 amide bonds. The molecule has 2 aromatic carbocycles. The molecule has 0 saturated carbocycles. The van der Waals surface area contributed by atoms with Crippen LogP contribution in [0.4, 0.5) is 0 Å². The number of carbonyl (C=O) groups is 2. The number of rotatable bonds is 6. The zero-order chi connectivity index (χ0) is 21.7. The Morgan fingerprint density at radius 3 is 2.30 bits per heavy atom. The Balaban J connectivity index is 1.64. The molecule has 1 heterocycles. The zero-order valence-corrected chi connectivity index (χ0v) is 18.9. The van der Waals surface area contributed by atoms with Crippen molar-refractivity contribution in [3.63, 3.8) is 0 Å². The molecule has 0 radical (unpaired) electrons. The van der Waals surface area contributed by atoms with Crippen LogP contribution in [0.5, 0.6) is 0 Å². The molecule has 1 atom stereocenters. The van der Waals surface area contributed by atoms with E-state index in [1.54, 1.807) is 24.3 Å². The lowest BCUT2D eigenvalue weighted by Gasteiger charge is -2.35. The van der Waals surface area contributed by atoms with Crippen molar-refractivity contribution in [2.75, 3.05) is 13.1 Å². The summed E-state index contributed by atoms with van der Waals surface area (Å²) in [5.74, 6) is 0.433. The number of amides is 2. The minimum Gasteiger partial charge on any atom is -0.341 e. The van der Waals surface area contributed by atoms with E-state index in [2.05, 4.69) is 31.3 Å². The summed E-state index contributed by atoms with van der Waals surface area (Å²) >= 11 is 12.0. The van der Waals surface area contributed by atoms with Gasteiger partial charge in [-0.15, -0.1) is 0 Å². The Hall–Kier alpha value is -2.04. The maximum Gasteiger partial charge on any atom is 0.251 e. The van der Waals surface area contributed by atoms with Gasteiger partial charge in [-0.05, 0) is 67.0 Å². The van der Waals surface area contributed by atoms with Crippen LogP contribution in [0.1, 0.15) is 54.9 Å². The van der Waals surface area contributed by atoms with E-state index in [0.717, 1.165) is 17.9 Å². The van der Waals surface area contributed by atoms with E-state index in [-0.39, 0.29) is 17.7 Å². The van der Waals surface area contributed by atoms with Crippen molar-refractivity contribution in [1.29, 1.82) is 0 Å². The number of nitrogens with one attached hydrogen (secondary N) is 1. The van der Waals surface area contributed by atoms with Crippen molar-refractivity contribution in [2.24, 2.45) is 5.92 Å². The second-order valence-electron chi connectivity index (χ2n) is 8.32. The van der Waals surface area contributed by atoms with Crippen LogP contribution in [0.25, 0.3) is 0 Å². The minimum absolute atomic E-state index is 0.00589. The number of piperidine rings is 1. The van der Waals surface area contributed by atoms with Gasteiger partial charge in [-0.25, -0.2) is 0 Å². The van der Waals surface area contributed by atoms with Crippen molar-refractivity contribution >= 4 is 35.0 Å². The average Bonchev–Trinajstić information content (AvgIpc) is 2.73. The molecule has 1 saturated heterocycles. The molecule has 3 rings (SSSR count). The van der Waals surface area contributed by atoms with Crippen LogP contribution in [0.3, 0.4) is 0 Å². The summed E-state index contributed by atoms with van der Waals surface area (Å²) in [4.78, 5) is 27.8. The van der Waals surface area contributed by atoms with Gasteiger partial charge in [0.2, 0.25) is 5.91 Å². The normalized spacial score (nSPS) is 15.8. The van der Waals surface area contributed by atoms with Crippen LogP contribution < -0.4 is 5.32 Å². The highest BCUT2D eigenvalue weighted by Gasteiger charge is 2.30. The summed E-state index contributed by atoms with van der Waals surface area (Å²) in [7, 11) is 0. The molecule has 6 heteroatoms. The second-order valence-corrected chi connectivity index (χ2v) is 9.19. The number of hydrogen-bond acceptors (Lipinski definition) is 2. The minimum atomic E-state index is -0.538. The smallest absolute Gasteiger partial charge is 0.251 e. The maximum absolute atomic E-state index is 13.2. The lowest BCUT2D eigenvalue weighted by molar-refractivity contribution is -0.134. The number of benzene rings is 2. The molecule has 1 fully saturated rings. The van der Waals surface area contributed by atoms with E-state index in [0.29, 0.717) is 36.0 Å². The molecule has 0 aromatic heterocycles. The van der Waals surface area contributed by atoms with Crippen molar-refractivity contribution in [1.82, 2.24) is 10.2 Å². The van der Waals surface area contributed by atoms with E-state index in [1.807, 2.05) is 17.0 Å². The van der Waals surface area contributed by atoms with Gasteiger partial charge < -0.3 is 10.2 Å². The van der Waals surface area contributed by atoms with Crippen molar-refractivity contribution in [3.05, 3.63) is 69.7 Å². The highest BCUT2D eigenvalue weighted by atomic mass is 35.5. The quantitative estimate of drug-likeness (QED) is 0.632. The molecule has 30 heavy (non-hydrogen) atoms. The van der Waals surface area contributed by atoms with Crippen LogP contribution in [-0.2, 0) is 4.79 Å². The van der Waals surface area contributed by atoms with Crippen molar-refractivity contribution in [3.8, 4) is 0 Å². The summed E-state index contributed by atoms with van der Waals surface area (Å²) < 4.78 is 0. The molecular formula is C24H28Cl2N2O2. The van der Waals surface area contributed by atoms with Gasteiger partial charge in [0, 0.05) is 28.7 Å². The SMILES string of the molecule is CC(C)CC(NC(=O)c1cccc(Cl)c1)C(=O)N1CCC(c2ccc(Cl)cc2)CC1. The van der Waals surface area contributed by atoms with E-state index in [9.17, 15) is 9.59 Å². The van der Waals surface area contributed by atoms with Gasteiger partial charge in [-0.3, -0.25) is 9.59 Å². The van der Waals surface area contributed by atoms with Gasteiger partial charge in [0.1, 0.15) is 6.04 Å². The molecule has 0 bridgehead atoms. The fourth-order valence-corrected chi connectivity index (χ4v) is 4.27. The Bertz CT molecular complexity index is 875. The fraction of sp³-hybridized carbons (Fsp3) is 0.417. The topological polar surface area (TPSA) is 49.4 Å². The Morgan fingerprint density at radius 1 is 1.03 bits per heavy atom. The monoisotopic (exact) mass is 446 g/mol. The first kappa shape index (κ1) is 22.6. The number of likely N-dealkylation sites (tertiary alicyclic amines) is 1. The van der Waals surface area contributed by atoms with Gasteiger partial charge in [-0.2, -0.15) is 0 Å². The highest BCUT2D eigenvalue weighted by molar-refractivity contribution is 6.31. The molecule has 0 aliphatic carbocycles. The summed E-state index contributed by atoms with van der Waals surface area (Å²) in [6.07, 6.45) is 2.41. The first-order valence-electron chi connectivity index (χ1n) is 10.4. The van der Waals surface area contributed by atoms with Gasteiger partial charge in [0.15, 0.2) is 0 Å². The molecule has 1 N–H and O–H groups in total. The Morgan fingerprint density at radius 2 is 1.70 bits per heavy atom. The van der Waals surface area contributed by atoms with E-state index < -0.39 is 6.04 Å². The van der Waals surface area contributed by atoms with E-state index in [1.165, 1.54) is 5.56 Å². The fourth-order valence-electron chi connectivity index (χ4n) is 3.95. The first-order chi connectivity index (χ1) is 14.3. The predicted molar refractivity (Wildman–Crippen MR) is 122 cm³/mol. The average molecular weight is 447 g/mol. The standard InChI is InChI=1S/C24H28Cl2N2O2/c1-16(2)14-22(27-23(29)19-4-3-5-21(26)15-19)24(30)28-12-10-18(11-13-28)17-6-8-20(25)9-7-17/h3-9,15-16,18,22H,10-14H2,1-2H3,(H,27,29). The zero-order valence-electron chi connectivity index (χ0n) is 17.4. The maximum atomic E-state index is 13.2. The first-order valence-corrected chi connectivity index (χ1v) is 11.2. The number of halogens is 2. The van der Waals surface area contributed by atoms with Gasteiger partial charge in [0.25, 0.3) is 5.91 Å². The molecule has 160 valence electrons. The van der Waals surface area contributed by atoms with Crippen molar-refractivity contribution in [2.45, 2.75) is 45.1 Å². The van der Waals surface area contributed by atoms with Crippen LogP contribution in [0, 0.1) is 5.92 Å². The van der Waals surface area contributed by atoms with Crippen LogP contribution in [-0.4, -0.2) is 35.8 Å². The largest absolute Gasteiger partial charge is 0.341 e. The third kappa shape index (κ3) is 5.99. The van der Waals surface area contributed by atoms with Crippen molar-refractivity contribution < 1.29 is 9.59 Å². The third-order valence-corrected chi connectivity index (χ3v) is 6.03. The highest BCUT2D eigenvalue weighted by Crippen LogP contribution is 2.29. The molecular weight excluding hydrogens is 419 g/mol. The Kier molecular flexibility index (Phi) is 7.79. The molecule has 2 aromatic rings. The molecule has 0 spiro atoms. The van der Waals surface area contributed by atoms with E-state index >= 15 is 0 Å². The summed E-state index contributed by atoms with van der Waals surface area (Å²) in [5, 5.41) is 4.17. The molecule has 1 unspecified atom stereocenters. The van der Waals surface area contributed by atoms with E-state index in [4.69, 9.17) is 23.2 Å². The lowest BCUT2D eigenvalue weighted by Crippen LogP contribution is -2.51. The predicted octanol–water partition coefficient (Wildman–Crippen LogP) is 5.54. The third-order valence-electron chi connectivity index (χ3n) is 5.55.